The van der Waals surface area contributed by atoms with Crippen LogP contribution < -0.4 is 5.73 Å². The predicted octanol–water partition coefficient (Wildman–Crippen LogP) is 2.43. The molecule has 0 unspecified atom stereocenters. The van der Waals surface area contributed by atoms with Crippen molar-refractivity contribution in [1.82, 2.24) is 9.55 Å². The van der Waals surface area contributed by atoms with Gasteiger partial charge in [-0.2, -0.15) is 0 Å². The Balaban J connectivity index is 2.29. The van der Waals surface area contributed by atoms with Crippen LogP contribution in [0.2, 0.25) is 0 Å². The molecule has 1 heterocycles. The van der Waals surface area contributed by atoms with Crippen molar-refractivity contribution < 1.29 is 9.53 Å². The lowest BCUT2D eigenvalue weighted by Gasteiger charge is -2.20. The topological polar surface area (TPSA) is 70.1 Å². The number of esters is 1. The molecule has 0 saturated heterocycles. The van der Waals surface area contributed by atoms with Crippen molar-refractivity contribution in [2.24, 2.45) is 5.73 Å². The van der Waals surface area contributed by atoms with Gasteiger partial charge in [0.25, 0.3) is 0 Å². The highest BCUT2D eigenvalue weighted by Gasteiger charge is 2.19. The molecule has 0 aliphatic heterocycles. The normalized spacial score (nSPS) is 11.8. The van der Waals surface area contributed by atoms with Crippen LogP contribution in [0.4, 0.5) is 0 Å². The molecule has 0 radical (unpaired) electrons. The average Bonchev–Trinajstić information content (AvgIpc) is 2.72. The van der Waals surface area contributed by atoms with Crippen molar-refractivity contribution in [3.05, 3.63) is 24.3 Å². The number of imidazole rings is 1. The fourth-order valence-corrected chi connectivity index (χ4v) is 2.75. The van der Waals surface area contributed by atoms with Gasteiger partial charge in [-0.05, 0) is 32.9 Å². The van der Waals surface area contributed by atoms with Crippen LogP contribution >= 0.6 is 11.8 Å². The number of para-hydroxylation sites is 2. The van der Waals surface area contributed by atoms with E-state index in [0.717, 1.165) is 21.9 Å². The first-order valence-electron chi connectivity index (χ1n) is 6.90. The van der Waals surface area contributed by atoms with Crippen LogP contribution in [0, 0.1) is 0 Å². The minimum atomic E-state index is -0.488. The summed E-state index contributed by atoms with van der Waals surface area (Å²) in [5, 5.41) is 0.799. The fraction of sp³-hybridized carbons (Fsp3) is 0.467. The van der Waals surface area contributed by atoms with Gasteiger partial charge in [0.05, 0.1) is 11.0 Å². The third kappa shape index (κ3) is 4.22. The molecule has 0 amide bonds. The molecule has 114 valence electrons. The Morgan fingerprint density at radius 3 is 2.76 bits per heavy atom. The third-order valence-corrected chi connectivity index (χ3v) is 3.69. The molecule has 0 saturated carbocycles. The highest BCUT2D eigenvalue weighted by Crippen LogP contribution is 2.24. The van der Waals surface area contributed by atoms with Gasteiger partial charge in [-0.1, -0.05) is 23.9 Å². The van der Waals surface area contributed by atoms with E-state index in [1.165, 1.54) is 0 Å². The Labute approximate surface area is 128 Å². The summed E-state index contributed by atoms with van der Waals surface area (Å²) in [6.07, 6.45) is 0. The molecule has 0 aliphatic rings. The summed E-state index contributed by atoms with van der Waals surface area (Å²) >= 11 is 1.55. The molecule has 6 heteroatoms. The maximum atomic E-state index is 12.1. The Bertz CT molecular complexity index is 631. The minimum absolute atomic E-state index is 0.157. The number of nitrogens with two attached hydrogens (primary N) is 1. The summed E-state index contributed by atoms with van der Waals surface area (Å²) in [6.45, 7) is 6.31. The van der Waals surface area contributed by atoms with E-state index in [1.54, 1.807) is 11.8 Å². The van der Waals surface area contributed by atoms with Crippen molar-refractivity contribution in [3.63, 3.8) is 0 Å². The van der Waals surface area contributed by atoms with Gasteiger partial charge in [0.15, 0.2) is 5.16 Å². The lowest BCUT2D eigenvalue weighted by atomic mass is 10.2. The van der Waals surface area contributed by atoms with E-state index in [2.05, 4.69) is 4.98 Å². The van der Waals surface area contributed by atoms with Gasteiger partial charge in [-0.25, -0.2) is 4.98 Å². The van der Waals surface area contributed by atoms with Crippen LogP contribution in [0.1, 0.15) is 20.8 Å². The molecule has 0 spiro atoms. The number of ether oxygens (including phenoxy) is 1. The Morgan fingerprint density at radius 2 is 2.10 bits per heavy atom. The van der Waals surface area contributed by atoms with E-state index >= 15 is 0 Å². The van der Waals surface area contributed by atoms with Crippen LogP contribution in [-0.2, 0) is 16.1 Å². The van der Waals surface area contributed by atoms with Gasteiger partial charge in [-0.3, -0.25) is 4.79 Å². The second-order valence-corrected chi connectivity index (χ2v) is 6.75. The number of fused-ring (bicyclic) bond motifs is 1. The third-order valence-electron chi connectivity index (χ3n) is 2.68. The Hall–Kier alpha value is -1.53. The summed E-state index contributed by atoms with van der Waals surface area (Å²) in [7, 11) is 0. The van der Waals surface area contributed by atoms with Gasteiger partial charge in [-0.15, -0.1) is 0 Å². The molecule has 0 aliphatic carbocycles. The second kappa shape index (κ2) is 6.49. The smallest absolute Gasteiger partial charge is 0.326 e. The van der Waals surface area contributed by atoms with Crippen molar-refractivity contribution in [2.75, 3.05) is 12.3 Å². The van der Waals surface area contributed by atoms with Crippen molar-refractivity contribution in [1.29, 1.82) is 0 Å². The zero-order valence-electron chi connectivity index (χ0n) is 12.6. The van der Waals surface area contributed by atoms with Gasteiger partial charge in [0.1, 0.15) is 12.1 Å². The number of thioether (sulfide) groups is 1. The lowest BCUT2D eigenvalue weighted by molar-refractivity contribution is -0.155. The van der Waals surface area contributed by atoms with Crippen LogP contribution in [0.3, 0.4) is 0 Å². The molecular weight excluding hydrogens is 286 g/mol. The van der Waals surface area contributed by atoms with Gasteiger partial charge in [0.2, 0.25) is 0 Å². The lowest BCUT2D eigenvalue weighted by Crippen LogP contribution is -2.26. The average molecular weight is 307 g/mol. The van der Waals surface area contributed by atoms with Gasteiger partial charge >= 0.3 is 5.97 Å². The number of hydrogen-bond donors (Lipinski definition) is 1. The van der Waals surface area contributed by atoms with Crippen molar-refractivity contribution in [3.8, 4) is 0 Å². The van der Waals surface area contributed by atoms with E-state index in [0.29, 0.717) is 6.54 Å². The molecule has 0 bridgehead atoms. The molecule has 0 fully saturated rings. The molecule has 2 aromatic rings. The fourth-order valence-electron chi connectivity index (χ4n) is 1.97. The number of nitrogens with zero attached hydrogens (tertiary/aromatic N) is 2. The van der Waals surface area contributed by atoms with Gasteiger partial charge in [0, 0.05) is 12.3 Å². The van der Waals surface area contributed by atoms with E-state index in [4.69, 9.17) is 10.5 Å². The quantitative estimate of drug-likeness (QED) is 0.678. The molecule has 2 rings (SSSR count). The van der Waals surface area contributed by atoms with Crippen molar-refractivity contribution in [2.45, 2.75) is 38.1 Å². The van der Waals surface area contributed by atoms with Crippen LogP contribution in [0.15, 0.2) is 29.4 Å². The summed E-state index contributed by atoms with van der Waals surface area (Å²) in [6, 6.07) is 7.77. The zero-order valence-corrected chi connectivity index (χ0v) is 13.4. The highest BCUT2D eigenvalue weighted by atomic mass is 32.2. The number of hydrogen-bond acceptors (Lipinski definition) is 5. The first-order chi connectivity index (χ1) is 9.90. The monoisotopic (exact) mass is 307 g/mol. The minimum Gasteiger partial charge on any atom is -0.459 e. The maximum Gasteiger partial charge on any atom is 0.326 e. The SMILES string of the molecule is CC(C)(C)OC(=O)Cn1c(SCCN)nc2ccccc21. The standard InChI is InChI=1S/C15H21N3O2S/c1-15(2,3)20-13(19)10-18-12-7-5-4-6-11(12)17-14(18)21-9-8-16/h4-7H,8-10,16H2,1-3H3. The van der Waals surface area contributed by atoms with Crippen LogP contribution in [0.25, 0.3) is 11.0 Å². The number of carbonyl (C=O) groups excluding carboxylic acids is 1. The Morgan fingerprint density at radius 1 is 1.38 bits per heavy atom. The summed E-state index contributed by atoms with van der Waals surface area (Å²) < 4.78 is 7.29. The Kier molecular flexibility index (Phi) is 4.90. The first kappa shape index (κ1) is 15.9. The summed E-state index contributed by atoms with van der Waals surface area (Å²) in [4.78, 5) is 16.7. The highest BCUT2D eigenvalue weighted by molar-refractivity contribution is 7.99. The van der Waals surface area contributed by atoms with Crippen molar-refractivity contribution >= 4 is 28.8 Å². The molecule has 5 nitrogen and oxygen atoms in total. The zero-order chi connectivity index (χ0) is 15.5. The van der Waals surface area contributed by atoms with Crippen LogP contribution in [-0.4, -0.2) is 33.4 Å². The molecular formula is C15H21N3O2S. The molecule has 1 aromatic heterocycles. The first-order valence-corrected chi connectivity index (χ1v) is 7.89. The number of aromatic nitrogens is 2. The van der Waals surface area contributed by atoms with E-state index in [1.807, 2.05) is 49.6 Å². The van der Waals surface area contributed by atoms with E-state index in [9.17, 15) is 4.79 Å². The number of carbonyl (C=O) groups is 1. The van der Waals surface area contributed by atoms with Crippen LogP contribution in [0.5, 0.6) is 0 Å². The predicted molar refractivity (Wildman–Crippen MR) is 85.4 cm³/mol. The van der Waals surface area contributed by atoms with Gasteiger partial charge < -0.3 is 15.0 Å². The molecule has 1 aromatic carbocycles. The molecule has 0 atom stereocenters. The van der Waals surface area contributed by atoms with E-state index < -0.39 is 5.60 Å². The molecule has 2 N–H and O–H groups in total. The maximum absolute atomic E-state index is 12.1. The number of benzene rings is 1. The molecule has 21 heavy (non-hydrogen) atoms. The largest absolute Gasteiger partial charge is 0.459 e. The number of rotatable bonds is 5. The second-order valence-electron chi connectivity index (χ2n) is 5.69. The summed E-state index contributed by atoms with van der Waals surface area (Å²) in [5.41, 5.74) is 6.88. The summed E-state index contributed by atoms with van der Waals surface area (Å²) in [5.74, 6) is 0.498. The van der Waals surface area contributed by atoms with E-state index in [-0.39, 0.29) is 12.5 Å².